The van der Waals surface area contributed by atoms with Crippen LogP contribution in [0.2, 0.25) is 10.0 Å². The fourth-order valence-corrected chi connectivity index (χ4v) is 2.84. The summed E-state index contributed by atoms with van der Waals surface area (Å²) >= 11 is 12.6. The maximum atomic E-state index is 6.44. The summed E-state index contributed by atoms with van der Waals surface area (Å²) in [7, 11) is 0. The van der Waals surface area contributed by atoms with Gasteiger partial charge in [0.05, 0.1) is 23.8 Å². The fourth-order valence-electron chi connectivity index (χ4n) is 2.45. The molecule has 0 radical (unpaired) electrons. The van der Waals surface area contributed by atoms with E-state index in [2.05, 4.69) is 20.3 Å². The van der Waals surface area contributed by atoms with Gasteiger partial charge in [-0.1, -0.05) is 23.2 Å². The Balaban J connectivity index is 1.93. The van der Waals surface area contributed by atoms with E-state index in [1.807, 2.05) is 30.3 Å². The number of halogens is 2. The van der Waals surface area contributed by atoms with Crippen LogP contribution in [-0.2, 0) is 0 Å². The molecule has 0 N–H and O–H groups in total. The summed E-state index contributed by atoms with van der Waals surface area (Å²) in [5, 5.41) is 13.7. The van der Waals surface area contributed by atoms with Crippen molar-refractivity contribution in [2.24, 2.45) is 0 Å². The molecule has 0 spiro atoms. The second-order valence-electron chi connectivity index (χ2n) is 4.98. The van der Waals surface area contributed by atoms with Gasteiger partial charge in [-0.2, -0.15) is 20.1 Å². The highest BCUT2D eigenvalue weighted by Crippen LogP contribution is 2.35. The van der Waals surface area contributed by atoms with Gasteiger partial charge in [-0.05, 0) is 36.4 Å². The normalized spacial score (nSPS) is 10.9. The van der Waals surface area contributed by atoms with E-state index in [0.717, 1.165) is 22.5 Å². The maximum Gasteiger partial charge on any atom is 0.138 e. The van der Waals surface area contributed by atoms with Gasteiger partial charge in [-0.15, -0.1) is 0 Å². The summed E-state index contributed by atoms with van der Waals surface area (Å²) in [6.45, 7) is 0. The second-order valence-corrected chi connectivity index (χ2v) is 5.83. The van der Waals surface area contributed by atoms with E-state index >= 15 is 0 Å². The largest absolute Gasteiger partial charge is 0.223 e. The molecule has 0 fully saturated rings. The van der Waals surface area contributed by atoms with Gasteiger partial charge in [0.25, 0.3) is 0 Å². The number of nitrogens with zero attached hydrogens (tertiary/aromatic N) is 6. The molecule has 24 heavy (non-hydrogen) atoms. The molecule has 0 aliphatic rings. The van der Waals surface area contributed by atoms with Crippen LogP contribution in [0.3, 0.4) is 0 Å². The lowest BCUT2D eigenvalue weighted by Gasteiger charge is -2.13. The molecule has 2 aromatic carbocycles. The van der Waals surface area contributed by atoms with E-state index in [0.29, 0.717) is 10.0 Å². The summed E-state index contributed by atoms with van der Waals surface area (Å²) in [5.74, 6) is 0. The molecule has 0 saturated carbocycles. The third-order valence-corrected chi connectivity index (χ3v) is 4.08. The summed E-state index contributed by atoms with van der Waals surface area (Å²) in [4.78, 5) is 5.53. The highest BCUT2D eigenvalue weighted by molar-refractivity contribution is 6.34. The third kappa shape index (κ3) is 2.66. The zero-order valence-electron chi connectivity index (χ0n) is 12.2. The Labute approximate surface area is 147 Å². The molecular formula is C16H10Cl2N6. The lowest BCUT2D eigenvalue weighted by molar-refractivity contribution is 0.752. The molecule has 0 amide bonds. The van der Waals surface area contributed by atoms with Gasteiger partial charge in [0.1, 0.15) is 12.7 Å². The quantitative estimate of drug-likeness (QED) is 0.559. The minimum atomic E-state index is 0.592. The first-order valence-corrected chi connectivity index (χ1v) is 7.79. The monoisotopic (exact) mass is 356 g/mol. The van der Waals surface area contributed by atoms with E-state index in [1.54, 1.807) is 29.5 Å². The minimum Gasteiger partial charge on any atom is -0.223 e. The molecule has 0 aliphatic carbocycles. The first kappa shape index (κ1) is 14.9. The average molecular weight is 357 g/mol. The predicted octanol–water partition coefficient (Wildman–Crippen LogP) is 3.82. The van der Waals surface area contributed by atoms with Gasteiger partial charge in [-0.3, -0.25) is 0 Å². The molecule has 6 nitrogen and oxygen atoms in total. The van der Waals surface area contributed by atoms with Crippen LogP contribution < -0.4 is 0 Å². The minimum absolute atomic E-state index is 0.592. The molecule has 0 aliphatic heterocycles. The molecule has 0 saturated heterocycles. The average Bonchev–Trinajstić information content (AvgIpc) is 3.29. The number of rotatable bonds is 3. The number of hydrogen-bond donors (Lipinski definition) is 0. The highest BCUT2D eigenvalue weighted by atomic mass is 35.5. The van der Waals surface area contributed by atoms with Crippen LogP contribution in [0.4, 0.5) is 0 Å². The van der Waals surface area contributed by atoms with Crippen LogP contribution in [0.1, 0.15) is 0 Å². The molecule has 4 aromatic rings. The molecule has 118 valence electrons. The Hall–Kier alpha value is -2.70. The van der Waals surface area contributed by atoms with Crippen LogP contribution in [0, 0.1) is 0 Å². The molecule has 4 rings (SSSR count). The number of hydrogen-bond acceptors (Lipinski definition) is 4. The zero-order valence-corrected chi connectivity index (χ0v) is 13.7. The molecular weight excluding hydrogens is 347 g/mol. The van der Waals surface area contributed by atoms with Crippen LogP contribution >= 0.6 is 23.2 Å². The first-order chi connectivity index (χ1) is 11.7. The Kier molecular flexibility index (Phi) is 3.76. The first-order valence-electron chi connectivity index (χ1n) is 7.03. The van der Waals surface area contributed by atoms with Crippen molar-refractivity contribution in [1.29, 1.82) is 0 Å². The van der Waals surface area contributed by atoms with Crippen LogP contribution in [0.15, 0.2) is 61.4 Å². The summed E-state index contributed by atoms with van der Waals surface area (Å²) in [5.41, 5.74) is 3.26. The van der Waals surface area contributed by atoms with Crippen molar-refractivity contribution < 1.29 is 0 Å². The van der Waals surface area contributed by atoms with Gasteiger partial charge in [0, 0.05) is 21.2 Å². The molecule has 0 unspecified atom stereocenters. The Bertz CT molecular complexity index is 980. The fraction of sp³-hybridized carbons (Fsp3) is 0. The van der Waals surface area contributed by atoms with Crippen molar-refractivity contribution in [1.82, 2.24) is 29.8 Å². The van der Waals surface area contributed by atoms with E-state index in [1.165, 1.54) is 11.1 Å². The molecule has 2 aromatic heterocycles. The Morgan fingerprint density at radius 3 is 2.42 bits per heavy atom. The zero-order chi connectivity index (χ0) is 16.5. The predicted molar refractivity (Wildman–Crippen MR) is 91.7 cm³/mol. The number of benzene rings is 2. The van der Waals surface area contributed by atoms with Crippen molar-refractivity contribution in [3.63, 3.8) is 0 Å². The highest BCUT2D eigenvalue weighted by Gasteiger charge is 2.13. The Morgan fingerprint density at radius 2 is 1.67 bits per heavy atom. The molecule has 0 bridgehead atoms. The summed E-state index contributed by atoms with van der Waals surface area (Å²) in [6.07, 6.45) is 6.34. The number of aromatic nitrogens is 6. The summed E-state index contributed by atoms with van der Waals surface area (Å²) < 4.78 is 1.67. The van der Waals surface area contributed by atoms with Gasteiger partial charge >= 0.3 is 0 Å². The van der Waals surface area contributed by atoms with Crippen molar-refractivity contribution in [2.75, 3.05) is 0 Å². The van der Waals surface area contributed by atoms with Crippen molar-refractivity contribution in [3.8, 4) is 22.5 Å². The van der Waals surface area contributed by atoms with Crippen LogP contribution in [-0.4, -0.2) is 29.8 Å². The standard InChI is InChI=1S/C16H10Cl2N6/c17-11-1-4-16(23-10-19-9-22-23)14(7-11)13-8-12(2-3-15(13)18)24-20-5-6-21-24/h1-10H. The van der Waals surface area contributed by atoms with Crippen LogP contribution in [0.5, 0.6) is 0 Å². The van der Waals surface area contributed by atoms with Gasteiger partial charge < -0.3 is 0 Å². The molecule has 0 atom stereocenters. The van der Waals surface area contributed by atoms with E-state index in [-0.39, 0.29) is 0 Å². The summed E-state index contributed by atoms with van der Waals surface area (Å²) in [6, 6.07) is 11.1. The SMILES string of the molecule is Clc1ccc(-n2cncn2)c(-c2cc(-n3nccn3)ccc2Cl)c1. The lowest BCUT2D eigenvalue weighted by Crippen LogP contribution is -2.01. The van der Waals surface area contributed by atoms with Crippen molar-refractivity contribution in [2.45, 2.75) is 0 Å². The molecule has 2 heterocycles. The lowest BCUT2D eigenvalue weighted by atomic mass is 10.0. The van der Waals surface area contributed by atoms with Gasteiger partial charge in [0.2, 0.25) is 0 Å². The smallest absolute Gasteiger partial charge is 0.138 e. The van der Waals surface area contributed by atoms with E-state index in [9.17, 15) is 0 Å². The topological polar surface area (TPSA) is 61.4 Å². The third-order valence-electron chi connectivity index (χ3n) is 3.51. The van der Waals surface area contributed by atoms with E-state index in [4.69, 9.17) is 23.2 Å². The van der Waals surface area contributed by atoms with Gasteiger partial charge in [-0.25, -0.2) is 9.67 Å². The maximum absolute atomic E-state index is 6.44. The Morgan fingerprint density at radius 1 is 0.833 bits per heavy atom. The van der Waals surface area contributed by atoms with Crippen molar-refractivity contribution in [3.05, 3.63) is 71.5 Å². The van der Waals surface area contributed by atoms with Gasteiger partial charge in [0.15, 0.2) is 0 Å². The second kappa shape index (κ2) is 6.07. The molecule has 8 heteroatoms. The van der Waals surface area contributed by atoms with E-state index < -0.39 is 0 Å². The van der Waals surface area contributed by atoms with Crippen molar-refractivity contribution >= 4 is 23.2 Å². The van der Waals surface area contributed by atoms with Crippen LogP contribution in [0.25, 0.3) is 22.5 Å².